The van der Waals surface area contributed by atoms with Crippen LogP contribution in [0, 0.1) is 11.8 Å². The minimum atomic E-state index is -1.50. The lowest BCUT2D eigenvalue weighted by Crippen LogP contribution is -2.53. The Balaban J connectivity index is 1.64. The van der Waals surface area contributed by atoms with Gasteiger partial charge in [-0.2, -0.15) is 0 Å². The second kappa shape index (κ2) is 5.18. The van der Waals surface area contributed by atoms with E-state index in [0.29, 0.717) is 5.69 Å². The number of amides is 2. The molecule has 1 heterocycles. The largest absolute Gasteiger partial charge is 0.379 e. The van der Waals surface area contributed by atoms with E-state index in [1.54, 1.807) is 12.1 Å². The third-order valence-corrected chi connectivity index (χ3v) is 6.59. The number of carbonyl (C=O) groups excluding carboxylic acids is 2. The number of aliphatic hydroxyl groups is 1. The summed E-state index contributed by atoms with van der Waals surface area (Å²) in [5.41, 5.74) is 2.44. The molecular weight excluding hydrogens is 350 g/mol. The number of benzene rings is 3. The molecule has 136 valence electrons. The van der Waals surface area contributed by atoms with Crippen LogP contribution in [0.2, 0.25) is 0 Å². The number of para-hydroxylation sites is 1. The van der Waals surface area contributed by atoms with E-state index in [1.807, 2.05) is 66.7 Å². The smallest absolute Gasteiger partial charge is 0.241 e. The van der Waals surface area contributed by atoms with Crippen molar-refractivity contribution in [1.82, 2.24) is 0 Å². The summed E-state index contributed by atoms with van der Waals surface area (Å²) in [6.45, 7) is 0. The number of rotatable bonds is 1. The van der Waals surface area contributed by atoms with Gasteiger partial charge in [-0.05, 0) is 34.4 Å². The van der Waals surface area contributed by atoms with Crippen LogP contribution < -0.4 is 4.90 Å². The lowest BCUT2D eigenvalue weighted by molar-refractivity contribution is -0.133. The fraction of sp³-hybridized carbons (Fsp3) is 0.167. The van der Waals surface area contributed by atoms with E-state index in [1.165, 1.54) is 4.90 Å². The van der Waals surface area contributed by atoms with Gasteiger partial charge in [0.25, 0.3) is 0 Å². The van der Waals surface area contributed by atoms with Crippen molar-refractivity contribution in [2.75, 3.05) is 4.90 Å². The van der Waals surface area contributed by atoms with Gasteiger partial charge in [0.05, 0.1) is 17.5 Å². The Hall–Kier alpha value is -3.24. The van der Waals surface area contributed by atoms with Crippen LogP contribution in [0.4, 0.5) is 5.69 Å². The highest BCUT2D eigenvalue weighted by molar-refractivity contribution is 6.23. The molecule has 3 aromatic carbocycles. The highest BCUT2D eigenvalue weighted by atomic mass is 16.3. The standard InChI is InChI=1S/C24H17NO3/c26-22-20-19-15-10-4-6-12-17(15)24(28,18-13-7-5-11-16(18)19)21(20)23(27)25(22)14-8-2-1-3-9-14/h1-13,19-21,28H/t19?,20-,21+,24?/m1/s1. The van der Waals surface area contributed by atoms with Crippen molar-refractivity contribution >= 4 is 17.5 Å². The van der Waals surface area contributed by atoms with Crippen LogP contribution in [0.25, 0.3) is 0 Å². The number of carbonyl (C=O) groups is 2. The molecule has 1 fully saturated rings. The molecule has 2 bridgehead atoms. The number of nitrogens with zero attached hydrogens (tertiary/aromatic N) is 1. The summed E-state index contributed by atoms with van der Waals surface area (Å²) >= 11 is 0. The fourth-order valence-electron chi connectivity index (χ4n) is 5.56. The average molecular weight is 367 g/mol. The molecule has 3 aliphatic carbocycles. The molecule has 0 spiro atoms. The molecule has 0 aromatic heterocycles. The van der Waals surface area contributed by atoms with Crippen LogP contribution in [0.1, 0.15) is 28.2 Å². The van der Waals surface area contributed by atoms with Gasteiger partial charge < -0.3 is 5.11 Å². The maximum atomic E-state index is 13.5. The minimum Gasteiger partial charge on any atom is -0.379 e. The van der Waals surface area contributed by atoms with Crippen LogP contribution in [-0.4, -0.2) is 16.9 Å². The highest BCUT2D eigenvalue weighted by Gasteiger charge is 2.68. The predicted octanol–water partition coefficient (Wildman–Crippen LogP) is 3.19. The van der Waals surface area contributed by atoms with Crippen molar-refractivity contribution in [1.29, 1.82) is 0 Å². The zero-order valence-corrected chi connectivity index (χ0v) is 14.9. The van der Waals surface area contributed by atoms with Crippen LogP contribution >= 0.6 is 0 Å². The van der Waals surface area contributed by atoms with Crippen LogP contribution in [-0.2, 0) is 15.2 Å². The first-order valence-corrected chi connectivity index (χ1v) is 9.48. The SMILES string of the molecule is O=C1[C@@H]2C3c4ccccc4C(O)(c4ccccc43)[C@@H]2C(=O)N1c1ccccc1. The maximum absolute atomic E-state index is 13.5. The lowest BCUT2D eigenvalue weighted by atomic mass is 9.52. The predicted molar refractivity (Wildman–Crippen MR) is 104 cm³/mol. The maximum Gasteiger partial charge on any atom is 0.241 e. The number of anilines is 1. The molecule has 1 N–H and O–H groups in total. The van der Waals surface area contributed by atoms with Crippen molar-refractivity contribution in [2.45, 2.75) is 11.5 Å². The van der Waals surface area contributed by atoms with Gasteiger partial charge >= 0.3 is 0 Å². The first-order chi connectivity index (χ1) is 13.6. The lowest BCUT2D eigenvalue weighted by Gasteiger charge is -2.51. The van der Waals surface area contributed by atoms with E-state index in [-0.39, 0.29) is 17.7 Å². The van der Waals surface area contributed by atoms with E-state index in [0.717, 1.165) is 22.3 Å². The van der Waals surface area contributed by atoms with Crippen LogP contribution in [0.15, 0.2) is 78.9 Å². The quantitative estimate of drug-likeness (QED) is 0.672. The molecule has 4 heteroatoms. The monoisotopic (exact) mass is 367 g/mol. The molecule has 0 saturated carbocycles. The number of hydrogen-bond donors (Lipinski definition) is 1. The van der Waals surface area contributed by atoms with E-state index in [2.05, 4.69) is 0 Å². The van der Waals surface area contributed by atoms with Gasteiger partial charge in [-0.1, -0.05) is 66.7 Å². The van der Waals surface area contributed by atoms with E-state index in [9.17, 15) is 14.7 Å². The van der Waals surface area contributed by atoms with Crippen LogP contribution in [0.5, 0.6) is 0 Å². The molecule has 2 amide bonds. The fourth-order valence-corrected chi connectivity index (χ4v) is 5.56. The highest BCUT2D eigenvalue weighted by Crippen LogP contribution is 2.63. The van der Waals surface area contributed by atoms with Gasteiger partial charge in [-0.3, -0.25) is 9.59 Å². The van der Waals surface area contributed by atoms with Crippen molar-refractivity contribution in [3.63, 3.8) is 0 Å². The van der Waals surface area contributed by atoms with Gasteiger partial charge in [-0.15, -0.1) is 0 Å². The van der Waals surface area contributed by atoms with Crippen LogP contribution in [0.3, 0.4) is 0 Å². The van der Waals surface area contributed by atoms with Crippen molar-refractivity contribution in [2.24, 2.45) is 11.8 Å². The van der Waals surface area contributed by atoms with Gasteiger partial charge in [0, 0.05) is 5.92 Å². The Morgan fingerprint density at radius 3 is 1.86 bits per heavy atom. The van der Waals surface area contributed by atoms with Gasteiger partial charge in [0.15, 0.2) is 0 Å². The average Bonchev–Trinajstić information content (AvgIpc) is 3.01. The first kappa shape index (κ1) is 15.8. The van der Waals surface area contributed by atoms with Crippen molar-refractivity contribution in [3.8, 4) is 0 Å². The Bertz CT molecular complexity index is 1110. The van der Waals surface area contributed by atoms with E-state index >= 15 is 0 Å². The third kappa shape index (κ3) is 1.65. The Kier molecular flexibility index (Phi) is 2.92. The molecule has 1 aliphatic heterocycles. The summed E-state index contributed by atoms with van der Waals surface area (Å²) in [5.74, 6) is -2.18. The zero-order chi connectivity index (χ0) is 19.0. The second-order valence-corrected chi connectivity index (χ2v) is 7.77. The molecule has 3 aromatic rings. The summed E-state index contributed by atoms with van der Waals surface area (Å²) in [5, 5.41) is 12.0. The summed E-state index contributed by atoms with van der Waals surface area (Å²) in [6.07, 6.45) is 0. The van der Waals surface area contributed by atoms with Crippen molar-refractivity contribution < 1.29 is 14.7 Å². The number of hydrogen-bond acceptors (Lipinski definition) is 3. The summed E-state index contributed by atoms with van der Waals surface area (Å²) < 4.78 is 0. The van der Waals surface area contributed by atoms with Gasteiger partial charge in [0.2, 0.25) is 11.8 Å². The molecule has 28 heavy (non-hydrogen) atoms. The summed E-state index contributed by atoms with van der Waals surface area (Å²) in [4.78, 5) is 28.3. The Labute approximate surface area is 162 Å². The third-order valence-electron chi connectivity index (χ3n) is 6.59. The number of imide groups is 1. The molecular formula is C24H17NO3. The second-order valence-electron chi connectivity index (χ2n) is 7.77. The minimum absolute atomic E-state index is 0.225. The Morgan fingerprint density at radius 2 is 1.25 bits per heavy atom. The molecule has 1 saturated heterocycles. The Morgan fingerprint density at radius 1 is 0.714 bits per heavy atom. The molecule has 4 aliphatic rings. The molecule has 0 radical (unpaired) electrons. The zero-order valence-electron chi connectivity index (χ0n) is 14.9. The first-order valence-electron chi connectivity index (χ1n) is 9.48. The van der Waals surface area contributed by atoms with Gasteiger partial charge in [0.1, 0.15) is 5.60 Å². The van der Waals surface area contributed by atoms with E-state index < -0.39 is 17.4 Å². The topological polar surface area (TPSA) is 57.6 Å². The summed E-state index contributed by atoms with van der Waals surface area (Å²) in [7, 11) is 0. The molecule has 0 unspecified atom stereocenters. The normalized spacial score (nSPS) is 29.5. The molecule has 7 rings (SSSR count). The molecule has 2 atom stereocenters. The summed E-state index contributed by atoms with van der Waals surface area (Å²) in [6, 6.07) is 24.3. The van der Waals surface area contributed by atoms with Gasteiger partial charge in [-0.25, -0.2) is 4.90 Å². The van der Waals surface area contributed by atoms with Crippen molar-refractivity contribution in [3.05, 3.63) is 101 Å². The van der Waals surface area contributed by atoms with E-state index in [4.69, 9.17) is 0 Å². The molecule has 4 nitrogen and oxygen atoms in total.